The molecule has 0 bridgehead atoms. The Hall–Kier alpha value is -3.58. The lowest BCUT2D eigenvalue weighted by Crippen LogP contribution is -2.62. The lowest BCUT2D eigenvalue weighted by molar-refractivity contribution is -0.156. The maximum absolute atomic E-state index is 12.0. The van der Waals surface area contributed by atoms with Crippen LogP contribution in [0.1, 0.15) is 80.1 Å². The van der Waals surface area contributed by atoms with Crippen molar-refractivity contribution in [2.45, 2.75) is 103 Å². The number of aliphatic carboxylic acids is 1. The Morgan fingerprint density at radius 3 is 1.38 bits per heavy atom. The largest absolute Gasteiger partial charge is 0.480 e. The number of nitrogens with one attached hydrogen (secondary N) is 2. The fraction of sp³-hybridized carbons (Fsp3) is 0.806. The molecular weight excluding hydrogens is 588 g/mol. The number of carboxylic acids is 1. The smallest absolute Gasteiger partial charge is 0.410 e. The van der Waals surface area contributed by atoms with Crippen molar-refractivity contribution < 1.29 is 48.1 Å². The van der Waals surface area contributed by atoms with Crippen LogP contribution in [0.3, 0.4) is 0 Å². The number of carbonyl (C=O) groups is 6. The summed E-state index contributed by atoms with van der Waals surface area (Å²) in [5.74, 6) is -1.77. The molecule has 0 saturated carbocycles. The van der Waals surface area contributed by atoms with Crippen molar-refractivity contribution in [3.8, 4) is 0 Å². The summed E-state index contributed by atoms with van der Waals surface area (Å²) in [6.07, 6.45) is 3.82. The molecule has 45 heavy (non-hydrogen) atoms. The lowest BCUT2D eigenvalue weighted by Gasteiger charge is -2.39. The molecule has 254 valence electrons. The highest BCUT2D eigenvalue weighted by molar-refractivity contribution is 5.97. The maximum Gasteiger partial charge on any atom is 0.410 e. The molecule has 4 saturated heterocycles. The van der Waals surface area contributed by atoms with Crippen molar-refractivity contribution in [2.75, 3.05) is 33.3 Å². The van der Waals surface area contributed by atoms with Gasteiger partial charge in [-0.3, -0.25) is 9.59 Å². The van der Waals surface area contributed by atoms with Crippen LogP contribution in [0.2, 0.25) is 0 Å². The molecule has 3 N–H and O–H groups in total. The molecule has 0 unspecified atom stereocenters. The zero-order chi connectivity index (χ0) is 33.7. The van der Waals surface area contributed by atoms with Gasteiger partial charge in [-0.2, -0.15) is 0 Å². The number of amides is 4. The highest BCUT2D eigenvalue weighted by Crippen LogP contribution is 2.32. The molecule has 0 aliphatic carbocycles. The average Bonchev–Trinajstić information content (AvgIpc) is 2.94. The van der Waals surface area contributed by atoms with Gasteiger partial charge in [0, 0.05) is 26.2 Å². The Balaban J connectivity index is 0.000000246. The van der Waals surface area contributed by atoms with Crippen molar-refractivity contribution in [1.82, 2.24) is 20.4 Å². The van der Waals surface area contributed by atoms with Crippen LogP contribution in [0.15, 0.2) is 0 Å². The molecule has 4 fully saturated rings. The fourth-order valence-corrected chi connectivity index (χ4v) is 5.98. The maximum atomic E-state index is 12.0. The minimum Gasteiger partial charge on any atom is -0.480 e. The number of β-lactam (4-membered cyclic amide) rings is 2. The summed E-state index contributed by atoms with van der Waals surface area (Å²) in [4.78, 5) is 73.1. The number of hydrogen-bond acceptors (Lipinski definition) is 9. The molecule has 14 heteroatoms. The minimum absolute atomic E-state index is 0.0880. The summed E-state index contributed by atoms with van der Waals surface area (Å²) in [5, 5.41) is 14.0. The van der Waals surface area contributed by atoms with Gasteiger partial charge in [0.15, 0.2) is 0 Å². The highest BCUT2D eigenvalue weighted by atomic mass is 16.6. The molecule has 0 aromatic heterocycles. The third-order valence-corrected chi connectivity index (χ3v) is 8.50. The first-order valence-corrected chi connectivity index (χ1v) is 15.8. The van der Waals surface area contributed by atoms with E-state index in [1.54, 1.807) is 9.80 Å². The van der Waals surface area contributed by atoms with E-state index in [0.29, 0.717) is 44.9 Å². The van der Waals surface area contributed by atoms with E-state index in [2.05, 4.69) is 10.6 Å². The summed E-state index contributed by atoms with van der Waals surface area (Å²) in [6.45, 7) is 13.5. The summed E-state index contributed by atoms with van der Waals surface area (Å²) in [7, 11) is 1.32. The minimum atomic E-state index is -0.976. The van der Waals surface area contributed by atoms with Gasteiger partial charge in [0.2, 0.25) is 11.8 Å². The molecule has 14 nitrogen and oxygen atoms in total. The lowest BCUT2D eigenvalue weighted by atomic mass is 9.79. The van der Waals surface area contributed by atoms with E-state index in [9.17, 15) is 28.8 Å². The molecule has 4 heterocycles. The number of esters is 1. The van der Waals surface area contributed by atoms with Crippen LogP contribution in [0.5, 0.6) is 0 Å². The van der Waals surface area contributed by atoms with Crippen LogP contribution in [0, 0.1) is 23.7 Å². The van der Waals surface area contributed by atoms with Gasteiger partial charge in [0.05, 0.1) is 18.9 Å². The van der Waals surface area contributed by atoms with Crippen molar-refractivity contribution >= 4 is 35.9 Å². The van der Waals surface area contributed by atoms with Gasteiger partial charge in [-0.15, -0.1) is 0 Å². The zero-order valence-corrected chi connectivity index (χ0v) is 27.6. The molecule has 0 spiro atoms. The third-order valence-electron chi connectivity index (χ3n) is 8.50. The molecule has 0 aromatic rings. The van der Waals surface area contributed by atoms with E-state index in [0.717, 1.165) is 25.7 Å². The molecule has 4 aliphatic heterocycles. The van der Waals surface area contributed by atoms with Gasteiger partial charge in [-0.05, 0) is 91.9 Å². The van der Waals surface area contributed by atoms with Gasteiger partial charge in [0.1, 0.15) is 23.3 Å². The van der Waals surface area contributed by atoms with E-state index in [1.165, 1.54) is 7.11 Å². The van der Waals surface area contributed by atoms with Crippen LogP contribution in [-0.2, 0) is 33.4 Å². The second-order valence-electron chi connectivity index (χ2n) is 14.3. The predicted molar refractivity (Wildman–Crippen MR) is 161 cm³/mol. The summed E-state index contributed by atoms with van der Waals surface area (Å²) in [6, 6.07) is -1.27. The third kappa shape index (κ3) is 10.2. The number of hydrogen-bond donors (Lipinski definition) is 3. The first-order chi connectivity index (χ1) is 20.9. The van der Waals surface area contributed by atoms with E-state index in [-0.39, 0.29) is 41.8 Å². The fourth-order valence-electron chi connectivity index (χ4n) is 5.98. The SMILES string of the molecule is CC(C)(C)OC(=O)N1CCC(C[C@H]2C(=O)N[C@@H]2C(=O)O)CC1.COC(=O)[C@H]1NC(=O)[C@@H]1CC1CCN(C(=O)OC(C)(C)C)CC1. The Morgan fingerprint density at radius 1 is 0.711 bits per heavy atom. The Bertz CT molecular complexity index is 1110. The first-order valence-electron chi connectivity index (χ1n) is 15.8. The van der Waals surface area contributed by atoms with Gasteiger partial charge in [0.25, 0.3) is 0 Å². The highest BCUT2D eigenvalue weighted by Gasteiger charge is 2.46. The predicted octanol–water partition coefficient (Wildman–Crippen LogP) is 2.53. The molecular formula is C31H50N4O10. The standard InChI is InChI=1S/C16H26N2O5.C15H24N2O5/c1-16(2,3)23-15(21)18-7-5-10(6-8-18)9-11-12(14(20)22-4)17-13(11)19;1-15(2,3)22-14(21)17-6-4-9(5-7-17)8-10-11(13(19)20)16-12(10)18/h10-12H,5-9H2,1-4H3,(H,17,19);9-11H,4-8H2,1-3H3,(H,16,18)(H,19,20)/t11-,12+;10-,11+/m11/s1. The Kier molecular flexibility index (Phi) is 11.7. The number of piperidine rings is 2. The van der Waals surface area contributed by atoms with E-state index in [4.69, 9.17) is 19.3 Å². The number of ether oxygens (including phenoxy) is 3. The van der Waals surface area contributed by atoms with Crippen molar-refractivity contribution in [3.05, 3.63) is 0 Å². The van der Waals surface area contributed by atoms with Crippen LogP contribution < -0.4 is 10.6 Å². The summed E-state index contributed by atoms with van der Waals surface area (Å²) >= 11 is 0. The number of rotatable bonds is 6. The van der Waals surface area contributed by atoms with Crippen LogP contribution in [0.4, 0.5) is 9.59 Å². The van der Waals surface area contributed by atoms with Crippen LogP contribution in [-0.4, -0.2) is 107 Å². The van der Waals surface area contributed by atoms with Gasteiger partial charge in [-0.1, -0.05) is 0 Å². The van der Waals surface area contributed by atoms with E-state index in [1.807, 2.05) is 41.5 Å². The number of nitrogens with zero attached hydrogens (tertiary/aromatic N) is 2. The molecule has 4 amide bonds. The Labute approximate surface area is 264 Å². The topological polar surface area (TPSA) is 181 Å². The number of carboxylic acid groups (broad SMARTS) is 1. The van der Waals surface area contributed by atoms with Gasteiger partial charge in [-0.25, -0.2) is 19.2 Å². The second-order valence-corrected chi connectivity index (χ2v) is 14.3. The zero-order valence-electron chi connectivity index (χ0n) is 27.6. The van der Waals surface area contributed by atoms with Crippen LogP contribution >= 0.6 is 0 Å². The second kappa shape index (κ2) is 14.7. The molecule has 4 rings (SSSR count). The van der Waals surface area contributed by atoms with Crippen molar-refractivity contribution in [2.24, 2.45) is 23.7 Å². The molecule has 0 aromatic carbocycles. The molecule has 0 radical (unpaired) electrons. The molecule has 4 aliphatic rings. The van der Waals surface area contributed by atoms with E-state index < -0.39 is 35.2 Å². The first kappa shape index (κ1) is 35.9. The van der Waals surface area contributed by atoms with Gasteiger partial charge >= 0.3 is 24.1 Å². The van der Waals surface area contributed by atoms with Gasteiger partial charge < -0.3 is 39.8 Å². The van der Waals surface area contributed by atoms with Crippen LogP contribution in [0.25, 0.3) is 0 Å². The quantitative estimate of drug-likeness (QED) is 0.222. The summed E-state index contributed by atoms with van der Waals surface area (Å²) in [5.41, 5.74) is -1.00. The number of carbonyl (C=O) groups excluding carboxylic acids is 5. The Morgan fingerprint density at radius 2 is 1.07 bits per heavy atom. The summed E-state index contributed by atoms with van der Waals surface area (Å²) < 4.78 is 15.4. The number of likely N-dealkylation sites (tertiary alicyclic amines) is 2. The average molecular weight is 639 g/mol. The number of methoxy groups -OCH3 is 1. The normalized spacial score (nSPS) is 25.8. The molecule has 4 atom stereocenters. The van der Waals surface area contributed by atoms with Crippen molar-refractivity contribution in [3.63, 3.8) is 0 Å². The monoisotopic (exact) mass is 638 g/mol. The van der Waals surface area contributed by atoms with E-state index >= 15 is 0 Å². The van der Waals surface area contributed by atoms with Crippen molar-refractivity contribution in [1.29, 1.82) is 0 Å².